The summed E-state index contributed by atoms with van der Waals surface area (Å²) in [5, 5.41) is 2.00. The Balaban J connectivity index is 2.41. The smallest absolute Gasteiger partial charge is 0.0871 e. The van der Waals surface area contributed by atoms with Gasteiger partial charge >= 0.3 is 0 Å². The highest BCUT2D eigenvalue weighted by molar-refractivity contribution is 6.31. The van der Waals surface area contributed by atoms with Crippen LogP contribution in [0, 0.1) is 0 Å². The number of hydrogen-bond acceptors (Lipinski definition) is 1. The molecule has 17 heavy (non-hydrogen) atoms. The van der Waals surface area contributed by atoms with Gasteiger partial charge in [-0.05, 0) is 39.0 Å². The fourth-order valence-electron chi connectivity index (χ4n) is 2.03. The largest absolute Gasteiger partial charge is 0.373 e. The van der Waals surface area contributed by atoms with Gasteiger partial charge in [0.05, 0.1) is 12.7 Å². The Morgan fingerprint density at radius 2 is 2.06 bits per heavy atom. The number of ether oxygens (including phenoxy) is 1. The number of hydrogen-bond donors (Lipinski definition) is 0. The third-order valence-electron chi connectivity index (χ3n) is 2.83. The molecule has 0 amide bonds. The van der Waals surface area contributed by atoms with Crippen LogP contribution in [-0.2, 0) is 17.9 Å². The second kappa shape index (κ2) is 5.11. The quantitative estimate of drug-likeness (QED) is 0.793. The molecule has 0 fully saturated rings. The van der Waals surface area contributed by atoms with E-state index in [4.69, 9.17) is 16.3 Å². The first-order valence-electron chi connectivity index (χ1n) is 6.01. The molecule has 0 spiro atoms. The number of aryl methyl sites for hydroxylation is 1. The summed E-state index contributed by atoms with van der Waals surface area (Å²) in [6.07, 6.45) is 0.252. The fourth-order valence-corrected chi connectivity index (χ4v) is 2.20. The van der Waals surface area contributed by atoms with Crippen LogP contribution in [0.25, 0.3) is 10.9 Å². The normalized spacial score (nSPS) is 11.6. The minimum atomic E-state index is 0.252. The van der Waals surface area contributed by atoms with Crippen LogP contribution in [0.2, 0.25) is 5.02 Å². The van der Waals surface area contributed by atoms with Crippen LogP contribution in [-0.4, -0.2) is 10.7 Å². The van der Waals surface area contributed by atoms with E-state index in [1.165, 1.54) is 16.6 Å². The van der Waals surface area contributed by atoms with Crippen LogP contribution in [0.15, 0.2) is 24.3 Å². The molecule has 0 unspecified atom stereocenters. The van der Waals surface area contributed by atoms with Gasteiger partial charge in [0.25, 0.3) is 0 Å². The first-order valence-corrected chi connectivity index (χ1v) is 6.39. The van der Waals surface area contributed by atoms with Crippen molar-refractivity contribution in [2.75, 3.05) is 0 Å². The van der Waals surface area contributed by atoms with Crippen molar-refractivity contribution < 1.29 is 4.74 Å². The maximum absolute atomic E-state index is 6.04. The van der Waals surface area contributed by atoms with E-state index in [1.54, 1.807) is 0 Å². The molecule has 0 aliphatic rings. The molecule has 2 aromatic rings. The summed E-state index contributed by atoms with van der Waals surface area (Å²) in [5.74, 6) is 0. The molecule has 0 atom stereocenters. The lowest BCUT2D eigenvalue weighted by Crippen LogP contribution is -2.07. The Hall–Kier alpha value is -0.990. The van der Waals surface area contributed by atoms with Crippen molar-refractivity contribution in [2.24, 2.45) is 0 Å². The highest BCUT2D eigenvalue weighted by Crippen LogP contribution is 2.24. The number of benzene rings is 1. The molecule has 1 aromatic carbocycles. The Morgan fingerprint density at radius 3 is 2.71 bits per heavy atom. The third-order valence-corrected chi connectivity index (χ3v) is 3.07. The molecule has 2 nitrogen and oxygen atoms in total. The first-order chi connectivity index (χ1) is 8.11. The van der Waals surface area contributed by atoms with Gasteiger partial charge in [0.15, 0.2) is 0 Å². The predicted octanol–water partition coefficient (Wildman–Crippen LogP) is 4.24. The minimum Gasteiger partial charge on any atom is -0.373 e. The fraction of sp³-hybridized carbons (Fsp3) is 0.429. The van der Waals surface area contributed by atoms with E-state index >= 15 is 0 Å². The van der Waals surface area contributed by atoms with Gasteiger partial charge in [-0.15, -0.1) is 0 Å². The lowest BCUT2D eigenvalue weighted by atomic mass is 10.2. The summed E-state index contributed by atoms with van der Waals surface area (Å²) in [4.78, 5) is 0. The Bertz CT molecular complexity index is 516. The maximum atomic E-state index is 6.04. The molecule has 0 saturated carbocycles. The van der Waals surface area contributed by atoms with Gasteiger partial charge < -0.3 is 9.30 Å². The zero-order chi connectivity index (χ0) is 12.4. The van der Waals surface area contributed by atoms with Gasteiger partial charge in [0, 0.05) is 28.2 Å². The average Bonchev–Trinajstić information content (AvgIpc) is 2.63. The average molecular weight is 252 g/mol. The lowest BCUT2D eigenvalue weighted by molar-refractivity contribution is 0.0620. The SMILES string of the molecule is CCn1c(COC(C)C)cc2ccc(Cl)cc21. The van der Waals surface area contributed by atoms with Gasteiger partial charge in [0.2, 0.25) is 0 Å². The summed E-state index contributed by atoms with van der Waals surface area (Å²) in [6, 6.07) is 8.18. The van der Waals surface area contributed by atoms with E-state index in [2.05, 4.69) is 37.5 Å². The van der Waals surface area contributed by atoms with Crippen LogP contribution >= 0.6 is 11.6 Å². The van der Waals surface area contributed by atoms with E-state index < -0.39 is 0 Å². The lowest BCUT2D eigenvalue weighted by Gasteiger charge is -2.10. The van der Waals surface area contributed by atoms with Crippen molar-refractivity contribution in [2.45, 2.75) is 40.0 Å². The molecule has 0 saturated heterocycles. The molecule has 0 N–H and O–H groups in total. The molecular formula is C14H18ClNO. The maximum Gasteiger partial charge on any atom is 0.0871 e. The van der Waals surface area contributed by atoms with Gasteiger partial charge in [-0.25, -0.2) is 0 Å². The van der Waals surface area contributed by atoms with E-state index in [-0.39, 0.29) is 6.10 Å². The molecule has 3 heteroatoms. The van der Waals surface area contributed by atoms with Crippen LogP contribution in [0.1, 0.15) is 26.5 Å². The van der Waals surface area contributed by atoms with Gasteiger partial charge in [-0.2, -0.15) is 0 Å². The van der Waals surface area contributed by atoms with E-state index in [1.807, 2.05) is 12.1 Å². The van der Waals surface area contributed by atoms with E-state index in [9.17, 15) is 0 Å². The summed E-state index contributed by atoms with van der Waals surface area (Å²) in [6.45, 7) is 7.82. The molecule has 1 heterocycles. The second-order valence-electron chi connectivity index (χ2n) is 4.44. The Kier molecular flexibility index (Phi) is 3.75. The molecule has 0 radical (unpaired) electrons. The van der Waals surface area contributed by atoms with Gasteiger partial charge in [0.1, 0.15) is 0 Å². The van der Waals surface area contributed by atoms with Crippen molar-refractivity contribution >= 4 is 22.5 Å². The molecule has 92 valence electrons. The van der Waals surface area contributed by atoms with Gasteiger partial charge in [-0.3, -0.25) is 0 Å². The van der Waals surface area contributed by atoms with Crippen molar-refractivity contribution in [3.63, 3.8) is 0 Å². The standard InChI is InChI=1S/C14H18ClNO/c1-4-16-13(9-17-10(2)3)7-11-5-6-12(15)8-14(11)16/h5-8,10H,4,9H2,1-3H3. The summed E-state index contributed by atoms with van der Waals surface area (Å²) >= 11 is 6.04. The van der Waals surface area contributed by atoms with Crippen molar-refractivity contribution in [1.82, 2.24) is 4.57 Å². The number of aromatic nitrogens is 1. The third kappa shape index (κ3) is 2.64. The van der Waals surface area contributed by atoms with Crippen LogP contribution < -0.4 is 0 Å². The summed E-state index contributed by atoms with van der Waals surface area (Å²) in [5.41, 5.74) is 2.39. The molecule has 0 aliphatic heterocycles. The zero-order valence-electron chi connectivity index (χ0n) is 10.5. The molecule has 0 aliphatic carbocycles. The highest BCUT2D eigenvalue weighted by atomic mass is 35.5. The molecule has 2 rings (SSSR count). The number of halogens is 1. The van der Waals surface area contributed by atoms with Crippen molar-refractivity contribution in [1.29, 1.82) is 0 Å². The van der Waals surface area contributed by atoms with E-state index in [0.29, 0.717) is 6.61 Å². The van der Waals surface area contributed by atoms with Crippen LogP contribution in [0.5, 0.6) is 0 Å². The number of rotatable bonds is 4. The Morgan fingerprint density at radius 1 is 1.29 bits per heavy atom. The van der Waals surface area contributed by atoms with Crippen molar-refractivity contribution in [3.05, 3.63) is 35.0 Å². The van der Waals surface area contributed by atoms with E-state index in [0.717, 1.165) is 11.6 Å². The summed E-state index contributed by atoms with van der Waals surface area (Å²) in [7, 11) is 0. The van der Waals surface area contributed by atoms with Crippen LogP contribution in [0.4, 0.5) is 0 Å². The van der Waals surface area contributed by atoms with Gasteiger partial charge in [-0.1, -0.05) is 17.7 Å². The molecule has 1 aromatic heterocycles. The van der Waals surface area contributed by atoms with Crippen LogP contribution in [0.3, 0.4) is 0 Å². The zero-order valence-corrected chi connectivity index (χ0v) is 11.3. The topological polar surface area (TPSA) is 14.2 Å². The number of nitrogens with zero attached hydrogens (tertiary/aromatic N) is 1. The molecular weight excluding hydrogens is 234 g/mol. The van der Waals surface area contributed by atoms with Crippen molar-refractivity contribution in [3.8, 4) is 0 Å². The predicted molar refractivity (Wildman–Crippen MR) is 72.5 cm³/mol. The number of fused-ring (bicyclic) bond motifs is 1. The first kappa shape index (κ1) is 12.5. The minimum absolute atomic E-state index is 0.252. The molecule has 0 bridgehead atoms. The summed E-state index contributed by atoms with van der Waals surface area (Å²) < 4.78 is 7.93. The highest BCUT2D eigenvalue weighted by Gasteiger charge is 2.08. The second-order valence-corrected chi connectivity index (χ2v) is 4.88. The Labute approximate surface area is 107 Å². The monoisotopic (exact) mass is 251 g/mol.